The molecule has 0 bridgehead atoms. The van der Waals surface area contributed by atoms with E-state index in [9.17, 15) is 0 Å². The van der Waals surface area contributed by atoms with Crippen LogP contribution in [0.1, 0.15) is 16.7 Å². The maximum atomic E-state index is 5.52. The highest BCUT2D eigenvalue weighted by molar-refractivity contribution is 5.47. The third-order valence-electron chi connectivity index (χ3n) is 3.49. The quantitative estimate of drug-likeness (QED) is 0.902. The summed E-state index contributed by atoms with van der Waals surface area (Å²) in [6.07, 6.45) is 1.02. The van der Waals surface area contributed by atoms with Crippen molar-refractivity contribution in [1.82, 2.24) is 0 Å². The van der Waals surface area contributed by atoms with E-state index >= 15 is 0 Å². The standard InChI is InChI=1S/C17H19NO2/c1-19-12-14-3-2-4-16(10-14)18-11-13-5-6-17-15(9-13)7-8-20-17/h2-6,9-10,18H,7-8,11-12H2,1H3. The summed E-state index contributed by atoms with van der Waals surface area (Å²) in [6.45, 7) is 2.28. The molecular weight excluding hydrogens is 250 g/mol. The molecule has 0 saturated heterocycles. The molecule has 1 aliphatic rings. The Morgan fingerprint density at radius 3 is 3.00 bits per heavy atom. The second-order valence-corrected chi connectivity index (χ2v) is 5.03. The van der Waals surface area contributed by atoms with Crippen LogP contribution in [0.25, 0.3) is 0 Å². The molecule has 0 unspecified atom stereocenters. The van der Waals surface area contributed by atoms with E-state index < -0.39 is 0 Å². The van der Waals surface area contributed by atoms with E-state index in [2.05, 4.69) is 41.7 Å². The van der Waals surface area contributed by atoms with Gasteiger partial charge in [0.05, 0.1) is 13.2 Å². The van der Waals surface area contributed by atoms with Gasteiger partial charge in [-0.05, 0) is 34.9 Å². The lowest BCUT2D eigenvalue weighted by atomic mass is 10.1. The van der Waals surface area contributed by atoms with E-state index in [1.165, 1.54) is 16.7 Å². The molecule has 3 nitrogen and oxygen atoms in total. The van der Waals surface area contributed by atoms with Crippen molar-refractivity contribution in [2.45, 2.75) is 19.6 Å². The number of hydrogen-bond acceptors (Lipinski definition) is 3. The van der Waals surface area contributed by atoms with E-state index in [0.717, 1.165) is 31.0 Å². The zero-order valence-corrected chi connectivity index (χ0v) is 11.7. The summed E-state index contributed by atoms with van der Waals surface area (Å²) in [5, 5.41) is 3.45. The zero-order chi connectivity index (χ0) is 13.8. The van der Waals surface area contributed by atoms with Crippen LogP contribution in [0.15, 0.2) is 42.5 Å². The SMILES string of the molecule is COCc1cccc(NCc2ccc3c(c2)CCO3)c1. The number of fused-ring (bicyclic) bond motifs is 1. The number of rotatable bonds is 5. The maximum Gasteiger partial charge on any atom is 0.122 e. The number of hydrogen-bond donors (Lipinski definition) is 1. The van der Waals surface area contributed by atoms with Gasteiger partial charge in [0.2, 0.25) is 0 Å². The minimum Gasteiger partial charge on any atom is -0.493 e. The summed E-state index contributed by atoms with van der Waals surface area (Å²) in [7, 11) is 1.71. The Hall–Kier alpha value is -2.00. The predicted molar refractivity (Wildman–Crippen MR) is 80.1 cm³/mol. The van der Waals surface area contributed by atoms with Crippen molar-refractivity contribution in [2.24, 2.45) is 0 Å². The molecule has 0 spiro atoms. The van der Waals surface area contributed by atoms with Crippen LogP contribution in [-0.4, -0.2) is 13.7 Å². The second-order valence-electron chi connectivity index (χ2n) is 5.03. The summed E-state index contributed by atoms with van der Waals surface area (Å²) in [6, 6.07) is 14.7. The van der Waals surface area contributed by atoms with Crippen LogP contribution in [0.5, 0.6) is 5.75 Å². The van der Waals surface area contributed by atoms with Crippen LogP contribution in [0.3, 0.4) is 0 Å². The zero-order valence-electron chi connectivity index (χ0n) is 11.7. The van der Waals surface area contributed by atoms with Crippen molar-refractivity contribution >= 4 is 5.69 Å². The number of methoxy groups -OCH3 is 1. The van der Waals surface area contributed by atoms with Crippen molar-refractivity contribution in [3.8, 4) is 5.75 Å². The van der Waals surface area contributed by atoms with Crippen LogP contribution in [0.2, 0.25) is 0 Å². The number of ether oxygens (including phenoxy) is 2. The lowest BCUT2D eigenvalue weighted by molar-refractivity contribution is 0.185. The van der Waals surface area contributed by atoms with Crippen LogP contribution in [0.4, 0.5) is 5.69 Å². The van der Waals surface area contributed by atoms with Crippen molar-refractivity contribution in [3.05, 3.63) is 59.2 Å². The Morgan fingerprint density at radius 2 is 2.10 bits per heavy atom. The first kappa shape index (κ1) is 13.0. The first-order valence-electron chi connectivity index (χ1n) is 6.91. The highest BCUT2D eigenvalue weighted by atomic mass is 16.5. The minimum absolute atomic E-state index is 0.645. The van der Waals surface area contributed by atoms with Crippen LogP contribution < -0.4 is 10.1 Å². The van der Waals surface area contributed by atoms with E-state index in [4.69, 9.17) is 9.47 Å². The van der Waals surface area contributed by atoms with Crippen molar-refractivity contribution in [1.29, 1.82) is 0 Å². The summed E-state index contributed by atoms with van der Waals surface area (Å²) >= 11 is 0. The lowest BCUT2D eigenvalue weighted by Gasteiger charge is -2.09. The average molecular weight is 269 g/mol. The second kappa shape index (κ2) is 5.97. The van der Waals surface area contributed by atoms with Crippen molar-refractivity contribution in [2.75, 3.05) is 19.0 Å². The summed E-state index contributed by atoms with van der Waals surface area (Å²) in [5.74, 6) is 1.04. The maximum absolute atomic E-state index is 5.52. The lowest BCUT2D eigenvalue weighted by Crippen LogP contribution is -2.00. The Kier molecular flexibility index (Phi) is 3.88. The fourth-order valence-corrected chi connectivity index (χ4v) is 2.49. The summed E-state index contributed by atoms with van der Waals surface area (Å²) < 4.78 is 10.7. The van der Waals surface area contributed by atoms with Gasteiger partial charge in [0.25, 0.3) is 0 Å². The minimum atomic E-state index is 0.645. The van der Waals surface area contributed by atoms with Gasteiger partial charge in [0.15, 0.2) is 0 Å². The highest BCUT2D eigenvalue weighted by Gasteiger charge is 2.11. The van der Waals surface area contributed by atoms with Gasteiger partial charge in [-0.25, -0.2) is 0 Å². The van der Waals surface area contributed by atoms with Gasteiger partial charge in [0, 0.05) is 25.8 Å². The van der Waals surface area contributed by atoms with Gasteiger partial charge in [-0.1, -0.05) is 24.3 Å². The molecule has 1 aliphatic heterocycles. The topological polar surface area (TPSA) is 30.5 Å². The molecule has 20 heavy (non-hydrogen) atoms. The van der Waals surface area contributed by atoms with Crippen LogP contribution in [0, 0.1) is 0 Å². The first-order valence-corrected chi connectivity index (χ1v) is 6.91. The van der Waals surface area contributed by atoms with Gasteiger partial charge in [-0.2, -0.15) is 0 Å². The van der Waals surface area contributed by atoms with Gasteiger partial charge in [-0.3, -0.25) is 0 Å². The fraction of sp³-hybridized carbons (Fsp3) is 0.294. The largest absolute Gasteiger partial charge is 0.493 e. The fourth-order valence-electron chi connectivity index (χ4n) is 2.49. The Morgan fingerprint density at radius 1 is 1.15 bits per heavy atom. The molecule has 2 aromatic carbocycles. The third kappa shape index (κ3) is 2.94. The monoisotopic (exact) mass is 269 g/mol. The Balaban J connectivity index is 1.65. The molecule has 3 rings (SSSR count). The normalized spacial score (nSPS) is 12.8. The van der Waals surface area contributed by atoms with E-state index in [0.29, 0.717) is 6.61 Å². The Labute approximate surface area is 119 Å². The molecule has 0 radical (unpaired) electrons. The molecule has 3 heteroatoms. The predicted octanol–water partition coefficient (Wildman–Crippen LogP) is 3.38. The molecule has 0 saturated carbocycles. The molecule has 2 aromatic rings. The molecule has 0 amide bonds. The summed E-state index contributed by atoms with van der Waals surface area (Å²) in [5.41, 5.74) is 4.90. The molecule has 0 aromatic heterocycles. The molecule has 1 N–H and O–H groups in total. The van der Waals surface area contributed by atoms with E-state index in [1.807, 2.05) is 6.07 Å². The summed E-state index contributed by atoms with van der Waals surface area (Å²) in [4.78, 5) is 0. The van der Waals surface area contributed by atoms with Crippen molar-refractivity contribution in [3.63, 3.8) is 0 Å². The average Bonchev–Trinajstić information content (AvgIpc) is 2.93. The molecular formula is C17H19NO2. The highest BCUT2D eigenvalue weighted by Crippen LogP contribution is 2.26. The van der Waals surface area contributed by atoms with Crippen LogP contribution in [-0.2, 0) is 24.3 Å². The van der Waals surface area contributed by atoms with Gasteiger partial charge in [-0.15, -0.1) is 0 Å². The molecule has 0 fully saturated rings. The molecule has 0 atom stereocenters. The van der Waals surface area contributed by atoms with Gasteiger partial charge < -0.3 is 14.8 Å². The van der Waals surface area contributed by atoms with E-state index in [1.54, 1.807) is 7.11 Å². The Bertz CT molecular complexity index is 595. The van der Waals surface area contributed by atoms with E-state index in [-0.39, 0.29) is 0 Å². The number of anilines is 1. The van der Waals surface area contributed by atoms with Crippen molar-refractivity contribution < 1.29 is 9.47 Å². The molecule has 104 valence electrons. The first-order chi connectivity index (χ1) is 9.85. The molecule has 1 heterocycles. The number of nitrogens with one attached hydrogen (secondary N) is 1. The number of benzene rings is 2. The van der Waals surface area contributed by atoms with Gasteiger partial charge >= 0.3 is 0 Å². The van der Waals surface area contributed by atoms with Gasteiger partial charge in [0.1, 0.15) is 5.75 Å². The molecule has 0 aliphatic carbocycles. The smallest absolute Gasteiger partial charge is 0.122 e. The van der Waals surface area contributed by atoms with Crippen LogP contribution >= 0.6 is 0 Å². The third-order valence-corrected chi connectivity index (χ3v) is 3.49.